The Labute approximate surface area is 161 Å². The lowest BCUT2D eigenvalue weighted by molar-refractivity contribution is 0.0998. The van der Waals surface area contributed by atoms with E-state index in [0.717, 1.165) is 18.3 Å². The summed E-state index contributed by atoms with van der Waals surface area (Å²) in [5, 5.41) is 2.19. The number of H-pyrrole nitrogens is 1. The smallest absolute Gasteiger partial charge is 0.333 e. The second-order valence-electron chi connectivity index (χ2n) is 5.64. The molecule has 0 bridgehead atoms. The van der Waals surface area contributed by atoms with Gasteiger partial charge in [0.25, 0.3) is 11.5 Å². The molecule has 0 unspecified atom stereocenters. The lowest BCUT2D eigenvalue weighted by atomic mass is 10.2. The number of carbonyl (C=O) groups is 2. The van der Waals surface area contributed by atoms with E-state index in [-0.39, 0.29) is 21.8 Å². The molecule has 2 aromatic carbocycles. The van der Waals surface area contributed by atoms with Crippen molar-refractivity contribution in [2.75, 3.05) is 5.32 Å². The van der Waals surface area contributed by atoms with Gasteiger partial charge in [-0.15, -0.1) is 0 Å². The van der Waals surface area contributed by atoms with Crippen LogP contribution in [0.4, 0.5) is 10.1 Å². The SMILES string of the molecule is NC(=O)c1ccc(NC(=O)c2c[nH]c(=O)n(-c3ccc(F)c(Cl)c3)c2=O)cc1. The van der Waals surface area contributed by atoms with Gasteiger partial charge in [-0.3, -0.25) is 14.4 Å². The summed E-state index contributed by atoms with van der Waals surface area (Å²) in [5.74, 6) is -2.14. The molecule has 4 N–H and O–H groups in total. The highest BCUT2D eigenvalue weighted by Gasteiger charge is 2.17. The van der Waals surface area contributed by atoms with E-state index in [1.165, 1.54) is 30.3 Å². The summed E-state index contributed by atoms with van der Waals surface area (Å²) in [7, 11) is 0. The van der Waals surface area contributed by atoms with Crippen molar-refractivity contribution in [2.24, 2.45) is 5.73 Å². The molecule has 0 aliphatic heterocycles. The number of benzene rings is 2. The molecule has 28 heavy (non-hydrogen) atoms. The van der Waals surface area contributed by atoms with E-state index in [1.807, 2.05) is 0 Å². The number of carbonyl (C=O) groups excluding carboxylic acids is 2. The Morgan fingerprint density at radius 1 is 1.11 bits per heavy atom. The normalized spacial score (nSPS) is 10.5. The maximum Gasteiger partial charge on any atom is 0.333 e. The highest BCUT2D eigenvalue weighted by atomic mass is 35.5. The van der Waals surface area contributed by atoms with Crippen LogP contribution in [-0.2, 0) is 0 Å². The standard InChI is InChI=1S/C18H12ClFN4O4/c19-13-7-11(5-6-14(13)20)24-17(27)12(8-22-18(24)28)16(26)23-10-3-1-9(2-4-10)15(21)25/h1-8H,(H2,21,25)(H,22,28)(H,23,26). The summed E-state index contributed by atoms with van der Waals surface area (Å²) in [6, 6.07) is 8.95. The molecule has 3 aromatic rings. The minimum atomic E-state index is -0.919. The van der Waals surface area contributed by atoms with Gasteiger partial charge in [-0.25, -0.2) is 13.8 Å². The number of nitrogens with zero attached hydrogens (tertiary/aromatic N) is 1. The molecule has 0 saturated carbocycles. The Balaban J connectivity index is 1.97. The number of anilines is 1. The van der Waals surface area contributed by atoms with Gasteiger partial charge in [0, 0.05) is 17.4 Å². The third-order valence-electron chi connectivity index (χ3n) is 3.81. The number of amides is 2. The van der Waals surface area contributed by atoms with E-state index in [2.05, 4.69) is 10.3 Å². The summed E-state index contributed by atoms with van der Waals surface area (Å²) in [4.78, 5) is 50.5. The third kappa shape index (κ3) is 3.69. The zero-order chi connectivity index (χ0) is 20.4. The molecule has 1 heterocycles. The zero-order valence-corrected chi connectivity index (χ0v) is 14.8. The highest BCUT2D eigenvalue weighted by molar-refractivity contribution is 6.30. The van der Waals surface area contributed by atoms with Crippen molar-refractivity contribution < 1.29 is 14.0 Å². The Hall–Kier alpha value is -3.72. The topological polar surface area (TPSA) is 127 Å². The van der Waals surface area contributed by atoms with E-state index < -0.39 is 28.9 Å². The average molecular weight is 403 g/mol. The molecular weight excluding hydrogens is 391 g/mol. The molecule has 0 fully saturated rings. The minimum Gasteiger partial charge on any atom is -0.366 e. The first-order valence-electron chi connectivity index (χ1n) is 7.79. The summed E-state index contributed by atoms with van der Waals surface area (Å²) in [6.45, 7) is 0. The maximum absolute atomic E-state index is 13.3. The summed E-state index contributed by atoms with van der Waals surface area (Å²) in [5.41, 5.74) is 3.59. The van der Waals surface area contributed by atoms with Crippen molar-refractivity contribution >= 4 is 29.1 Å². The van der Waals surface area contributed by atoms with Gasteiger partial charge >= 0.3 is 5.69 Å². The monoisotopic (exact) mass is 402 g/mol. The molecule has 10 heteroatoms. The van der Waals surface area contributed by atoms with Crippen molar-refractivity contribution in [3.63, 3.8) is 0 Å². The predicted octanol–water partition coefficient (Wildman–Crippen LogP) is 1.67. The van der Waals surface area contributed by atoms with Crippen molar-refractivity contribution in [1.29, 1.82) is 0 Å². The minimum absolute atomic E-state index is 0.00175. The number of aromatic amines is 1. The van der Waals surface area contributed by atoms with E-state index in [4.69, 9.17) is 17.3 Å². The van der Waals surface area contributed by atoms with Crippen molar-refractivity contribution in [3.05, 3.63) is 91.5 Å². The Bertz CT molecular complexity index is 1200. The van der Waals surface area contributed by atoms with Gasteiger partial charge < -0.3 is 16.0 Å². The molecule has 0 aliphatic carbocycles. The average Bonchev–Trinajstić information content (AvgIpc) is 2.65. The zero-order valence-electron chi connectivity index (χ0n) is 14.0. The number of nitrogens with one attached hydrogen (secondary N) is 2. The van der Waals surface area contributed by atoms with Crippen LogP contribution in [0.5, 0.6) is 0 Å². The fourth-order valence-corrected chi connectivity index (χ4v) is 2.59. The lowest BCUT2D eigenvalue weighted by Gasteiger charge is -2.09. The van der Waals surface area contributed by atoms with Crippen LogP contribution in [0.1, 0.15) is 20.7 Å². The van der Waals surface area contributed by atoms with Crippen LogP contribution in [-0.4, -0.2) is 21.4 Å². The molecule has 8 nitrogen and oxygen atoms in total. The van der Waals surface area contributed by atoms with Crippen molar-refractivity contribution in [1.82, 2.24) is 9.55 Å². The summed E-state index contributed by atoms with van der Waals surface area (Å²) >= 11 is 5.70. The largest absolute Gasteiger partial charge is 0.366 e. The van der Waals surface area contributed by atoms with Crippen LogP contribution in [0.3, 0.4) is 0 Å². The van der Waals surface area contributed by atoms with Crippen molar-refractivity contribution in [2.45, 2.75) is 0 Å². The number of primary amides is 1. The number of nitrogens with two attached hydrogens (primary N) is 1. The Morgan fingerprint density at radius 2 is 1.79 bits per heavy atom. The van der Waals surface area contributed by atoms with Crippen LogP contribution in [0.15, 0.2) is 58.3 Å². The highest BCUT2D eigenvalue weighted by Crippen LogP contribution is 2.17. The number of rotatable bonds is 4. The molecule has 2 amide bonds. The molecule has 0 radical (unpaired) electrons. The van der Waals surface area contributed by atoms with Gasteiger partial charge in [0.05, 0.1) is 10.7 Å². The molecule has 3 rings (SSSR count). The molecule has 1 aromatic heterocycles. The van der Waals surface area contributed by atoms with Crippen LogP contribution in [0.25, 0.3) is 5.69 Å². The van der Waals surface area contributed by atoms with Crippen LogP contribution in [0, 0.1) is 5.82 Å². The van der Waals surface area contributed by atoms with E-state index >= 15 is 0 Å². The van der Waals surface area contributed by atoms with Gasteiger partial charge in [0.1, 0.15) is 11.4 Å². The first-order chi connectivity index (χ1) is 13.3. The molecular formula is C18H12ClFN4O4. The first-order valence-corrected chi connectivity index (χ1v) is 8.17. The Morgan fingerprint density at radius 3 is 2.39 bits per heavy atom. The van der Waals surface area contributed by atoms with Crippen LogP contribution in [0.2, 0.25) is 5.02 Å². The van der Waals surface area contributed by atoms with Gasteiger partial charge in [0.2, 0.25) is 5.91 Å². The van der Waals surface area contributed by atoms with Gasteiger partial charge in [-0.2, -0.15) is 0 Å². The number of hydrogen-bond acceptors (Lipinski definition) is 4. The lowest BCUT2D eigenvalue weighted by Crippen LogP contribution is -2.38. The first kappa shape index (κ1) is 19.1. The van der Waals surface area contributed by atoms with E-state index in [9.17, 15) is 23.6 Å². The quantitative estimate of drug-likeness (QED) is 0.613. The van der Waals surface area contributed by atoms with E-state index in [0.29, 0.717) is 10.3 Å². The fraction of sp³-hybridized carbons (Fsp3) is 0. The van der Waals surface area contributed by atoms with Crippen LogP contribution >= 0.6 is 11.6 Å². The fourth-order valence-electron chi connectivity index (χ4n) is 2.41. The molecule has 0 saturated heterocycles. The van der Waals surface area contributed by atoms with Gasteiger partial charge in [-0.05, 0) is 42.5 Å². The van der Waals surface area contributed by atoms with Gasteiger partial charge in [0.15, 0.2) is 0 Å². The van der Waals surface area contributed by atoms with Crippen LogP contribution < -0.4 is 22.3 Å². The number of hydrogen-bond donors (Lipinski definition) is 3. The number of aromatic nitrogens is 2. The second-order valence-corrected chi connectivity index (χ2v) is 6.05. The maximum atomic E-state index is 13.3. The summed E-state index contributed by atoms with van der Waals surface area (Å²) in [6.07, 6.45) is 0.972. The molecule has 142 valence electrons. The molecule has 0 spiro atoms. The second kappa shape index (κ2) is 7.49. The molecule has 0 atom stereocenters. The third-order valence-corrected chi connectivity index (χ3v) is 4.10. The van der Waals surface area contributed by atoms with Crippen molar-refractivity contribution in [3.8, 4) is 5.69 Å². The summed E-state index contributed by atoms with van der Waals surface area (Å²) < 4.78 is 14.0. The van der Waals surface area contributed by atoms with Gasteiger partial charge in [-0.1, -0.05) is 11.6 Å². The molecule has 0 aliphatic rings. The van der Waals surface area contributed by atoms with E-state index in [1.54, 1.807) is 0 Å². The Kier molecular flexibility index (Phi) is 5.10. The predicted molar refractivity (Wildman–Crippen MR) is 101 cm³/mol. The number of halogens is 2.